The highest BCUT2D eigenvalue weighted by Gasteiger charge is 2.34. The van der Waals surface area contributed by atoms with Crippen molar-refractivity contribution in [3.05, 3.63) is 89.5 Å². The Morgan fingerprint density at radius 2 is 1.51 bits per heavy atom. The number of benzene rings is 3. The summed E-state index contributed by atoms with van der Waals surface area (Å²) in [5.41, 5.74) is 5.01. The van der Waals surface area contributed by atoms with Gasteiger partial charge in [0.2, 0.25) is 9.70 Å². The topological polar surface area (TPSA) is 77.9 Å². The number of rotatable bonds is 7. The van der Waals surface area contributed by atoms with Gasteiger partial charge >= 0.3 is 0 Å². The molecule has 0 bridgehead atoms. The van der Waals surface area contributed by atoms with Gasteiger partial charge in [0.05, 0.1) is 17.8 Å². The van der Waals surface area contributed by atoms with Gasteiger partial charge in [0.15, 0.2) is 5.11 Å². The summed E-state index contributed by atoms with van der Waals surface area (Å²) in [5.74, 6) is -0.318. The summed E-state index contributed by atoms with van der Waals surface area (Å²) in [5, 5.41) is 17.4. The average molecular weight is 549 g/mol. The van der Waals surface area contributed by atoms with Crippen LogP contribution < -0.4 is 16.0 Å². The molecule has 0 aliphatic carbocycles. The largest absolute Gasteiger partial charge is 0.339 e. The van der Waals surface area contributed by atoms with Crippen LogP contribution in [0.5, 0.6) is 0 Å². The van der Waals surface area contributed by atoms with E-state index in [2.05, 4.69) is 26.2 Å². The molecule has 3 aromatic rings. The lowest BCUT2D eigenvalue weighted by Gasteiger charge is -2.28. The number of aryl methyl sites for hydroxylation is 2. The third kappa shape index (κ3) is 8.47. The van der Waals surface area contributed by atoms with Gasteiger partial charge in [-0.3, -0.25) is 4.79 Å². The summed E-state index contributed by atoms with van der Waals surface area (Å²) in [6.45, 7) is 3.90. The monoisotopic (exact) mass is 547 g/mol. The number of azo groups is 1. The van der Waals surface area contributed by atoms with Gasteiger partial charge in [-0.1, -0.05) is 83.3 Å². The third-order valence-electron chi connectivity index (χ3n) is 4.95. The van der Waals surface area contributed by atoms with Crippen molar-refractivity contribution in [1.29, 1.82) is 0 Å². The maximum absolute atomic E-state index is 12.5. The molecular formula is C25H24Cl3N5OS. The molecule has 6 nitrogen and oxygen atoms in total. The smallest absolute Gasteiger partial charge is 0.228 e. The minimum Gasteiger partial charge on any atom is -0.339 e. The van der Waals surface area contributed by atoms with Crippen molar-refractivity contribution >= 4 is 75.1 Å². The molecule has 182 valence electrons. The lowest BCUT2D eigenvalue weighted by atomic mass is 10.1. The van der Waals surface area contributed by atoms with E-state index in [1.165, 1.54) is 0 Å². The number of hydrogen-bond acceptors (Lipinski definition) is 4. The highest BCUT2D eigenvalue weighted by atomic mass is 35.6. The van der Waals surface area contributed by atoms with Crippen LogP contribution in [0.4, 0.5) is 17.1 Å². The Morgan fingerprint density at radius 1 is 0.886 bits per heavy atom. The molecule has 0 saturated carbocycles. The fourth-order valence-corrected chi connectivity index (χ4v) is 3.68. The van der Waals surface area contributed by atoms with E-state index in [1.807, 2.05) is 86.6 Å². The Kier molecular flexibility index (Phi) is 9.46. The van der Waals surface area contributed by atoms with Crippen molar-refractivity contribution in [2.75, 3.05) is 5.32 Å². The van der Waals surface area contributed by atoms with E-state index >= 15 is 0 Å². The molecule has 0 unspecified atom stereocenters. The van der Waals surface area contributed by atoms with E-state index in [0.717, 1.165) is 28.1 Å². The van der Waals surface area contributed by atoms with E-state index < -0.39 is 9.96 Å². The van der Waals surface area contributed by atoms with Gasteiger partial charge in [-0.25, -0.2) is 0 Å². The van der Waals surface area contributed by atoms with Crippen LogP contribution in [0, 0.1) is 13.8 Å². The van der Waals surface area contributed by atoms with Gasteiger partial charge in [0.25, 0.3) is 0 Å². The average Bonchev–Trinajstić information content (AvgIpc) is 2.79. The van der Waals surface area contributed by atoms with E-state index in [0.29, 0.717) is 5.69 Å². The van der Waals surface area contributed by atoms with Crippen LogP contribution in [0.25, 0.3) is 0 Å². The number of carbonyl (C=O) groups excluding carboxylic acids is 1. The fraction of sp³-hybridized carbons (Fsp3) is 0.200. The summed E-state index contributed by atoms with van der Waals surface area (Å²) >= 11 is 23.6. The van der Waals surface area contributed by atoms with Gasteiger partial charge in [-0.2, -0.15) is 10.2 Å². The van der Waals surface area contributed by atoms with Gasteiger partial charge < -0.3 is 16.0 Å². The standard InChI is InChI=1S/C25H24Cl3N5OS/c1-16-8-6-7-11-20(16)32-33-21-13-12-19(14-17(21)2)29-24(35)31-23(25(26,27)28)30-22(34)15-18-9-4-3-5-10-18/h3-14,23H,15H2,1-2H3,(H,30,34)(H2,29,31,35)/t23-/m0/s1. The molecular weight excluding hydrogens is 525 g/mol. The summed E-state index contributed by atoms with van der Waals surface area (Å²) < 4.78 is -1.84. The molecule has 0 saturated heterocycles. The zero-order valence-corrected chi connectivity index (χ0v) is 22.1. The number of hydrogen-bond donors (Lipinski definition) is 3. The molecule has 0 radical (unpaired) electrons. The molecule has 10 heteroatoms. The summed E-state index contributed by atoms with van der Waals surface area (Å²) in [4.78, 5) is 12.5. The van der Waals surface area contributed by atoms with E-state index in [-0.39, 0.29) is 17.4 Å². The van der Waals surface area contributed by atoms with Gasteiger partial charge in [-0.05, 0) is 67.0 Å². The molecule has 0 fully saturated rings. The van der Waals surface area contributed by atoms with Crippen molar-refractivity contribution in [3.8, 4) is 0 Å². The van der Waals surface area contributed by atoms with E-state index in [4.69, 9.17) is 47.0 Å². The van der Waals surface area contributed by atoms with Gasteiger partial charge in [0.1, 0.15) is 6.17 Å². The number of nitrogens with zero attached hydrogens (tertiary/aromatic N) is 2. The number of anilines is 1. The molecule has 0 aromatic heterocycles. The number of carbonyl (C=O) groups is 1. The van der Waals surface area contributed by atoms with Crippen LogP contribution in [-0.4, -0.2) is 21.0 Å². The lowest BCUT2D eigenvalue weighted by Crippen LogP contribution is -2.56. The molecule has 1 atom stereocenters. The third-order valence-corrected chi connectivity index (χ3v) is 5.83. The van der Waals surface area contributed by atoms with Crippen molar-refractivity contribution in [1.82, 2.24) is 10.6 Å². The quantitative estimate of drug-likeness (QED) is 0.128. The number of amides is 1. The van der Waals surface area contributed by atoms with E-state index in [9.17, 15) is 4.79 Å². The van der Waals surface area contributed by atoms with Gasteiger partial charge in [0, 0.05) is 5.69 Å². The first-order valence-corrected chi connectivity index (χ1v) is 12.2. The molecule has 0 spiro atoms. The van der Waals surface area contributed by atoms with Crippen LogP contribution in [0.1, 0.15) is 16.7 Å². The van der Waals surface area contributed by atoms with Crippen molar-refractivity contribution < 1.29 is 4.79 Å². The number of halogens is 3. The second-order valence-corrected chi connectivity index (χ2v) is 10.6. The zero-order valence-electron chi connectivity index (χ0n) is 19.1. The lowest BCUT2D eigenvalue weighted by molar-refractivity contribution is -0.121. The molecule has 3 aromatic carbocycles. The Balaban J connectivity index is 1.62. The fourth-order valence-electron chi connectivity index (χ4n) is 3.12. The van der Waals surface area contributed by atoms with Crippen LogP contribution in [-0.2, 0) is 11.2 Å². The molecule has 1 amide bonds. The predicted molar refractivity (Wildman–Crippen MR) is 148 cm³/mol. The van der Waals surface area contributed by atoms with Crippen LogP contribution >= 0.6 is 47.0 Å². The first-order chi connectivity index (χ1) is 16.6. The summed E-state index contributed by atoms with van der Waals surface area (Å²) in [7, 11) is 0. The van der Waals surface area contributed by atoms with E-state index in [1.54, 1.807) is 0 Å². The Morgan fingerprint density at radius 3 is 2.14 bits per heavy atom. The Hall–Kier alpha value is -2.71. The minimum atomic E-state index is -1.84. The van der Waals surface area contributed by atoms with Crippen LogP contribution in [0.3, 0.4) is 0 Å². The summed E-state index contributed by atoms with van der Waals surface area (Å²) in [6, 6.07) is 22.5. The van der Waals surface area contributed by atoms with Gasteiger partial charge in [-0.15, -0.1) is 0 Å². The van der Waals surface area contributed by atoms with Crippen LogP contribution in [0.15, 0.2) is 83.0 Å². The molecule has 0 aliphatic rings. The second kappa shape index (κ2) is 12.3. The van der Waals surface area contributed by atoms with Crippen molar-refractivity contribution in [2.45, 2.75) is 30.2 Å². The number of nitrogens with one attached hydrogen (secondary N) is 3. The molecule has 0 heterocycles. The van der Waals surface area contributed by atoms with Crippen LogP contribution in [0.2, 0.25) is 0 Å². The number of alkyl halides is 3. The first kappa shape index (κ1) is 26.9. The van der Waals surface area contributed by atoms with Crippen molar-refractivity contribution in [2.24, 2.45) is 10.2 Å². The highest BCUT2D eigenvalue weighted by molar-refractivity contribution is 7.80. The Bertz CT molecular complexity index is 1220. The number of thiocarbonyl (C=S) groups is 1. The summed E-state index contributed by atoms with van der Waals surface area (Å²) in [6.07, 6.45) is -0.912. The minimum absolute atomic E-state index is 0.137. The predicted octanol–water partition coefficient (Wildman–Crippen LogP) is 7.06. The zero-order chi connectivity index (χ0) is 25.4. The van der Waals surface area contributed by atoms with Crippen molar-refractivity contribution in [3.63, 3.8) is 0 Å². The molecule has 0 aliphatic heterocycles. The maximum atomic E-state index is 12.5. The molecule has 3 N–H and O–H groups in total. The normalized spacial score (nSPS) is 12.3. The molecule has 3 rings (SSSR count). The molecule has 35 heavy (non-hydrogen) atoms. The first-order valence-electron chi connectivity index (χ1n) is 10.7. The second-order valence-electron chi connectivity index (χ2n) is 7.79. The maximum Gasteiger partial charge on any atom is 0.228 e. The highest BCUT2D eigenvalue weighted by Crippen LogP contribution is 2.30. The SMILES string of the molecule is Cc1ccccc1N=Nc1ccc(NC(=S)N[C@H](NC(=O)Cc2ccccc2)C(Cl)(Cl)Cl)cc1C. The Labute approximate surface area is 225 Å².